The molecule has 21 heavy (non-hydrogen) atoms. The first-order valence-electron chi connectivity index (χ1n) is 7.57. The molecule has 2 aromatic rings. The monoisotopic (exact) mass is 301 g/mol. The highest BCUT2D eigenvalue weighted by Gasteiger charge is 2.09. The number of nitrogens with one attached hydrogen (secondary N) is 1. The average molecular weight is 302 g/mol. The highest BCUT2D eigenvalue weighted by atomic mass is 35.5. The Morgan fingerprint density at radius 3 is 2.10 bits per heavy atom. The lowest BCUT2D eigenvalue weighted by atomic mass is 9.98. The predicted molar refractivity (Wildman–Crippen MR) is 92.9 cm³/mol. The van der Waals surface area contributed by atoms with Gasteiger partial charge in [-0.3, -0.25) is 0 Å². The van der Waals surface area contributed by atoms with Crippen LogP contribution in [0.15, 0.2) is 42.5 Å². The summed E-state index contributed by atoms with van der Waals surface area (Å²) in [5.41, 5.74) is 4.91. The van der Waals surface area contributed by atoms with E-state index in [0.717, 1.165) is 17.0 Å². The van der Waals surface area contributed by atoms with Gasteiger partial charge in [0.2, 0.25) is 0 Å². The van der Waals surface area contributed by atoms with E-state index < -0.39 is 0 Å². The van der Waals surface area contributed by atoms with Crippen LogP contribution >= 0.6 is 11.6 Å². The first kappa shape index (κ1) is 16.1. The maximum Gasteiger partial charge on any atom is 0.0459 e. The highest BCUT2D eigenvalue weighted by Crippen LogP contribution is 2.29. The molecule has 0 amide bonds. The van der Waals surface area contributed by atoms with E-state index in [1.165, 1.54) is 16.7 Å². The molecular formula is C19H24ClN. The summed E-state index contributed by atoms with van der Waals surface area (Å²) in [6.07, 6.45) is 1.12. The van der Waals surface area contributed by atoms with E-state index in [2.05, 4.69) is 68.6 Å². The molecule has 0 saturated heterocycles. The second-order valence-corrected chi connectivity index (χ2v) is 6.45. The number of halogens is 1. The van der Waals surface area contributed by atoms with E-state index in [4.69, 9.17) is 11.6 Å². The van der Waals surface area contributed by atoms with Gasteiger partial charge in [0, 0.05) is 11.1 Å². The Morgan fingerprint density at radius 1 is 0.952 bits per heavy atom. The first-order chi connectivity index (χ1) is 10.0. The largest absolute Gasteiger partial charge is 0.313 e. The van der Waals surface area contributed by atoms with Gasteiger partial charge in [-0.25, -0.2) is 0 Å². The second kappa shape index (κ2) is 7.11. The van der Waals surface area contributed by atoms with Crippen LogP contribution in [0, 0.1) is 5.92 Å². The minimum absolute atomic E-state index is 0.264. The molecule has 0 aliphatic rings. The van der Waals surface area contributed by atoms with Crippen molar-refractivity contribution in [3.63, 3.8) is 0 Å². The Kier molecular flexibility index (Phi) is 5.44. The van der Waals surface area contributed by atoms with Gasteiger partial charge in [0.05, 0.1) is 0 Å². The molecule has 1 atom stereocenters. The molecule has 112 valence electrons. The summed E-state index contributed by atoms with van der Waals surface area (Å²) in [5.74, 6) is 0.688. The van der Waals surface area contributed by atoms with Crippen molar-refractivity contribution in [3.8, 4) is 11.1 Å². The van der Waals surface area contributed by atoms with E-state index in [0.29, 0.717) is 5.92 Å². The first-order valence-corrected chi connectivity index (χ1v) is 7.95. The number of benzene rings is 2. The van der Waals surface area contributed by atoms with Gasteiger partial charge in [-0.05, 0) is 54.6 Å². The molecule has 0 saturated carbocycles. The lowest BCUT2D eigenvalue weighted by molar-refractivity contribution is 0.647. The molecule has 1 nitrogen and oxygen atoms in total. The van der Waals surface area contributed by atoms with Crippen molar-refractivity contribution in [3.05, 3.63) is 58.6 Å². The van der Waals surface area contributed by atoms with Crippen molar-refractivity contribution in [2.75, 3.05) is 7.05 Å². The third-order valence-electron chi connectivity index (χ3n) is 3.83. The molecule has 0 aliphatic carbocycles. The second-order valence-electron chi connectivity index (χ2n) is 6.04. The third kappa shape index (κ3) is 4.09. The average Bonchev–Trinajstić information content (AvgIpc) is 2.46. The number of hydrogen-bond donors (Lipinski definition) is 1. The summed E-state index contributed by atoms with van der Waals surface area (Å²) in [5, 5.41) is 4.04. The molecule has 0 bridgehead atoms. The molecule has 0 radical (unpaired) electrons. The summed E-state index contributed by atoms with van der Waals surface area (Å²) >= 11 is 6.41. The van der Waals surface area contributed by atoms with E-state index in [-0.39, 0.29) is 6.04 Å². The van der Waals surface area contributed by atoms with Crippen LogP contribution in [0.25, 0.3) is 11.1 Å². The SMILES string of the molecule is CNC(C)c1ccc(-c2ccc(CC(C)C)cc2)cc1Cl. The van der Waals surface area contributed by atoms with Gasteiger partial charge in [-0.2, -0.15) is 0 Å². The quantitative estimate of drug-likeness (QED) is 0.770. The van der Waals surface area contributed by atoms with Gasteiger partial charge in [-0.1, -0.05) is 61.8 Å². The fraction of sp³-hybridized carbons (Fsp3) is 0.368. The lowest BCUT2D eigenvalue weighted by Gasteiger charge is -2.14. The predicted octanol–water partition coefficient (Wildman–Crippen LogP) is 5.49. The molecule has 2 aromatic carbocycles. The summed E-state index contributed by atoms with van der Waals surface area (Å²) in [6.45, 7) is 6.60. The van der Waals surface area contributed by atoms with Gasteiger partial charge in [0.15, 0.2) is 0 Å². The van der Waals surface area contributed by atoms with Crippen LogP contribution in [0.4, 0.5) is 0 Å². The Hall–Kier alpha value is -1.31. The summed E-state index contributed by atoms with van der Waals surface area (Å²) in [7, 11) is 1.95. The van der Waals surface area contributed by atoms with E-state index in [9.17, 15) is 0 Å². The van der Waals surface area contributed by atoms with Crippen LogP contribution < -0.4 is 5.32 Å². The van der Waals surface area contributed by atoms with E-state index >= 15 is 0 Å². The molecule has 0 heterocycles. The van der Waals surface area contributed by atoms with Crippen molar-refractivity contribution < 1.29 is 0 Å². The maximum absolute atomic E-state index is 6.41. The van der Waals surface area contributed by atoms with Crippen LogP contribution in [-0.2, 0) is 6.42 Å². The van der Waals surface area contributed by atoms with Gasteiger partial charge < -0.3 is 5.32 Å². The van der Waals surface area contributed by atoms with Crippen molar-refractivity contribution >= 4 is 11.6 Å². The normalized spacial score (nSPS) is 12.7. The third-order valence-corrected chi connectivity index (χ3v) is 4.16. The topological polar surface area (TPSA) is 12.0 Å². The molecular weight excluding hydrogens is 278 g/mol. The Balaban J connectivity index is 2.24. The molecule has 2 rings (SSSR count). The van der Waals surface area contributed by atoms with E-state index in [1.54, 1.807) is 0 Å². The molecule has 0 fully saturated rings. The Morgan fingerprint density at radius 2 is 1.57 bits per heavy atom. The van der Waals surface area contributed by atoms with E-state index in [1.807, 2.05) is 7.05 Å². The molecule has 0 spiro atoms. The van der Waals surface area contributed by atoms with Gasteiger partial charge in [-0.15, -0.1) is 0 Å². The van der Waals surface area contributed by atoms with Crippen LogP contribution in [0.5, 0.6) is 0 Å². The fourth-order valence-corrected chi connectivity index (χ4v) is 2.86. The van der Waals surface area contributed by atoms with Crippen molar-refractivity contribution in [1.82, 2.24) is 5.32 Å². The standard InChI is InChI=1S/C19H24ClN/c1-13(2)11-15-5-7-16(8-6-15)17-9-10-18(14(3)21-4)19(20)12-17/h5-10,12-14,21H,11H2,1-4H3. The van der Waals surface area contributed by atoms with Crippen LogP contribution in [-0.4, -0.2) is 7.05 Å². The summed E-state index contributed by atoms with van der Waals surface area (Å²) in [6, 6.07) is 15.4. The van der Waals surface area contributed by atoms with Crippen LogP contribution in [0.2, 0.25) is 5.02 Å². The minimum atomic E-state index is 0.264. The fourth-order valence-electron chi connectivity index (χ4n) is 2.52. The summed E-state index contributed by atoms with van der Waals surface area (Å²) < 4.78 is 0. The van der Waals surface area contributed by atoms with Crippen LogP contribution in [0.1, 0.15) is 37.9 Å². The molecule has 1 N–H and O–H groups in total. The zero-order valence-electron chi connectivity index (χ0n) is 13.3. The smallest absolute Gasteiger partial charge is 0.0459 e. The Bertz CT molecular complexity index is 587. The van der Waals surface area contributed by atoms with Crippen molar-refractivity contribution in [2.24, 2.45) is 5.92 Å². The lowest BCUT2D eigenvalue weighted by Crippen LogP contribution is -2.12. The van der Waals surface area contributed by atoms with Crippen molar-refractivity contribution in [2.45, 2.75) is 33.2 Å². The zero-order valence-corrected chi connectivity index (χ0v) is 14.0. The molecule has 1 unspecified atom stereocenters. The van der Waals surface area contributed by atoms with Crippen LogP contribution in [0.3, 0.4) is 0 Å². The molecule has 0 aliphatic heterocycles. The van der Waals surface area contributed by atoms with Gasteiger partial charge >= 0.3 is 0 Å². The number of rotatable bonds is 5. The van der Waals surface area contributed by atoms with Crippen molar-refractivity contribution in [1.29, 1.82) is 0 Å². The highest BCUT2D eigenvalue weighted by molar-refractivity contribution is 6.31. The zero-order chi connectivity index (χ0) is 15.4. The van der Waals surface area contributed by atoms with Gasteiger partial charge in [0.1, 0.15) is 0 Å². The number of hydrogen-bond acceptors (Lipinski definition) is 1. The molecule has 2 heteroatoms. The minimum Gasteiger partial charge on any atom is -0.313 e. The Labute approximate surface area is 133 Å². The maximum atomic E-state index is 6.41. The summed E-state index contributed by atoms with van der Waals surface area (Å²) in [4.78, 5) is 0. The molecule has 0 aromatic heterocycles. The van der Waals surface area contributed by atoms with Gasteiger partial charge in [0.25, 0.3) is 0 Å².